The lowest BCUT2D eigenvalue weighted by molar-refractivity contribution is -0.114. The first kappa shape index (κ1) is 23.1. The number of benzene rings is 2. The van der Waals surface area contributed by atoms with Crippen molar-refractivity contribution in [1.29, 1.82) is 0 Å². The molecule has 176 valence electrons. The molecule has 0 spiro atoms. The number of para-hydroxylation sites is 2. The van der Waals surface area contributed by atoms with Gasteiger partial charge >= 0.3 is 0 Å². The zero-order valence-corrected chi connectivity index (χ0v) is 19.0. The number of anilines is 2. The highest BCUT2D eigenvalue weighted by atomic mass is 16.5. The topological polar surface area (TPSA) is 88.7 Å². The summed E-state index contributed by atoms with van der Waals surface area (Å²) in [6.07, 6.45) is 7.84. The molecule has 1 unspecified atom stereocenters. The van der Waals surface area contributed by atoms with E-state index in [-0.39, 0.29) is 30.5 Å². The molecular formula is C26H33N3O4. The van der Waals surface area contributed by atoms with Gasteiger partial charge in [0.25, 0.3) is 5.91 Å². The van der Waals surface area contributed by atoms with E-state index in [0.717, 1.165) is 50.8 Å². The molecule has 0 radical (unpaired) electrons. The molecule has 1 aliphatic heterocycles. The van der Waals surface area contributed by atoms with Crippen LogP contribution in [0.4, 0.5) is 11.4 Å². The second kappa shape index (κ2) is 11.7. The predicted molar refractivity (Wildman–Crippen MR) is 129 cm³/mol. The van der Waals surface area contributed by atoms with Crippen LogP contribution in [0.2, 0.25) is 0 Å². The van der Waals surface area contributed by atoms with Gasteiger partial charge in [0.05, 0.1) is 18.3 Å². The molecule has 3 N–H and O–H groups in total. The molecule has 0 aromatic heterocycles. The summed E-state index contributed by atoms with van der Waals surface area (Å²) in [5.41, 5.74) is 1.91. The van der Waals surface area contributed by atoms with Crippen molar-refractivity contribution in [2.24, 2.45) is 0 Å². The maximum Gasteiger partial charge on any atom is 0.251 e. The van der Waals surface area contributed by atoms with Gasteiger partial charge in [0.2, 0.25) is 5.91 Å². The van der Waals surface area contributed by atoms with Crippen LogP contribution in [0.1, 0.15) is 55.3 Å². The van der Waals surface area contributed by atoms with Gasteiger partial charge in [0.15, 0.2) is 0 Å². The lowest BCUT2D eigenvalue weighted by Crippen LogP contribution is -2.36. The van der Waals surface area contributed by atoms with Gasteiger partial charge in [-0.05, 0) is 56.0 Å². The fourth-order valence-electron chi connectivity index (χ4n) is 4.33. The maximum atomic E-state index is 12.6. The highest BCUT2D eigenvalue weighted by Crippen LogP contribution is 2.25. The molecule has 7 heteroatoms. The first-order chi connectivity index (χ1) is 16.2. The van der Waals surface area contributed by atoms with Gasteiger partial charge in [-0.2, -0.15) is 0 Å². The van der Waals surface area contributed by atoms with Crippen molar-refractivity contribution >= 4 is 23.2 Å². The van der Waals surface area contributed by atoms with Crippen LogP contribution in [0.15, 0.2) is 48.5 Å². The summed E-state index contributed by atoms with van der Waals surface area (Å²) in [7, 11) is 0. The number of ether oxygens (including phenoxy) is 2. The third kappa shape index (κ3) is 6.96. The normalized spacial score (nSPS) is 18.5. The van der Waals surface area contributed by atoms with Gasteiger partial charge in [-0.3, -0.25) is 9.59 Å². The number of nitrogens with one attached hydrogen (secondary N) is 3. The van der Waals surface area contributed by atoms with Gasteiger partial charge in [-0.25, -0.2) is 0 Å². The minimum absolute atomic E-state index is 0.0821. The second-order valence-corrected chi connectivity index (χ2v) is 8.73. The molecule has 7 nitrogen and oxygen atoms in total. The third-order valence-corrected chi connectivity index (χ3v) is 6.12. The number of hydrogen-bond acceptors (Lipinski definition) is 5. The number of amides is 2. The molecule has 4 rings (SSSR count). The molecule has 33 heavy (non-hydrogen) atoms. The zero-order valence-electron chi connectivity index (χ0n) is 19.0. The van der Waals surface area contributed by atoms with E-state index in [4.69, 9.17) is 9.47 Å². The van der Waals surface area contributed by atoms with Crippen molar-refractivity contribution in [2.45, 2.75) is 57.1 Å². The van der Waals surface area contributed by atoms with E-state index in [9.17, 15) is 9.59 Å². The largest absolute Gasteiger partial charge is 0.489 e. The Kier molecular flexibility index (Phi) is 8.19. The number of hydrogen-bond donors (Lipinski definition) is 3. The molecule has 2 aromatic rings. The van der Waals surface area contributed by atoms with Crippen LogP contribution >= 0.6 is 0 Å². The van der Waals surface area contributed by atoms with Crippen LogP contribution in [0.25, 0.3) is 0 Å². The minimum atomic E-state index is -0.200. The first-order valence-corrected chi connectivity index (χ1v) is 12.0. The SMILES string of the molecule is O=C(CNc1ccccc1OCC1CCCO1)Nc1cccc(C(=O)NC2CCCCC2)c1. The summed E-state index contributed by atoms with van der Waals surface area (Å²) in [6.45, 7) is 1.37. The molecule has 2 fully saturated rings. The predicted octanol–water partition coefficient (Wildman–Crippen LogP) is 4.36. The van der Waals surface area contributed by atoms with Gasteiger partial charge in [0, 0.05) is 23.9 Å². The molecule has 1 saturated carbocycles. The van der Waals surface area contributed by atoms with Gasteiger partial charge in [-0.15, -0.1) is 0 Å². The lowest BCUT2D eigenvalue weighted by Gasteiger charge is -2.22. The Labute approximate surface area is 195 Å². The molecule has 0 bridgehead atoms. The van der Waals surface area contributed by atoms with Crippen LogP contribution in [-0.4, -0.2) is 43.7 Å². The smallest absolute Gasteiger partial charge is 0.251 e. The van der Waals surface area contributed by atoms with E-state index >= 15 is 0 Å². The van der Waals surface area contributed by atoms with E-state index < -0.39 is 0 Å². The third-order valence-electron chi connectivity index (χ3n) is 6.12. The van der Waals surface area contributed by atoms with Crippen LogP contribution in [0.5, 0.6) is 5.75 Å². The summed E-state index contributed by atoms with van der Waals surface area (Å²) in [5, 5.41) is 9.12. The van der Waals surface area contributed by atoms with E-state index in [0.29, 0.717) is 23.6 Å². The first-order valence-electron chi connectivity index (χ1n) is 12.0. The Morgan fingerprint density at radius 1 is 0.970 bits per heavy atom. The van der Waals surface area contributed by atoms with Gasteiger partial charge in [0.1, 0.15) is 12.4 Å². The summed E-state index contributed by atoms with van der Waals surface area (Å²) in [6, 6.07) is 14.9. The standard InChI is InChI=1S/C26H33N3O4/c30-25(17-27-23-13-4-5-14-24(23)33-18-22-12-7-15-32-22)28-21-11-6-8-19(16-21)26(31)29-20-9-2-1-3-10-20/h4-6,8,11,13-14,16,20,22,27H,1-3,7,9-10,12,15,17-18H2,(H,28,30)(H,29,31). The maximum absolute atomic E-state index is 12.6. The van der Waals surface area contributed by atoms with Crippen molar-refractivity contribution in [1.82, 2.24) is 5.32 Å². The molecule has 2 amide bonds. The highest BCUT2D eigenvalue weighted by molar-refractivity contribution is 5.98. The van der Waals surface area contributed by atoms with Crippen molar-refractivity contribution in [3.05, 3.63) is 54.1 Å². The average molecular weight is 452 g/mol. The van der Waals surface area contributed by atoms with Crippen LogP contribution < -0.4 is 20.7 Å². The van der Waals surface area contributed by atoms with Crippen molar-refractivity contribution in [3.63, 3.8) is 0 Å². The zero-order chi connectivity index (χ0) is 22.9. The Hall–Kier alpha value is -3.06. The highest BCUT2D eigenvalue weighted by Gasteiger charge is 2.18. The fraction of sp³-hybridized carbons (Fsp3) is 0.462. The Morgan fingerprint density at radius 2 is 1.82 bits per heavy atom. The van der Waals surface area contributed by atoms with Crippen LogP contribution in [-0.2, 0) is 9.53 Å². The monoisotopic (exact) mass is 451 g/mol. The average Bonchev–Trinajstić information content (AvgIpc) is 3.36. The summed E-state index contributed by atoms with van der Waals surface area (Å²) >= 11 is 0. The van der Waals surface area contributed by atoms with E-state index in [1.54, 1.807) is 24.3 Å². The van der Waals surface area contributed by atoms with Gasteiger partial charge in [-0.1, -0.05) is 37.5 Å². The van der Waals surface area contributed by atoms with Gasteiger partial charge < -0.3 is 25.4 Å². The number of carbonyl (C=O) groups excluding carboxylic acids is 2. The molecule has 1 atom stereocenters. The van der Waals surface area contributed by atoms with E-state index in [1.165, 1.54) is 6.42 Å². The molecule has 2 aliphatic rings. The molecular weight excluding hydrogens is 418 g/mol. The fourth-order valence-corrected chi connectivity index (χ4v) is 4.33. The Balaban J connectivity index is 1.27. The quantitative estimate of drug-likeness (QED) is 0.527. The van der Waals surface area contributed by atoms with Crippen LogP contribution in [0.3, 0.4) is 0 Å². The van der Waals surface area contributed by atoms with Crippen molar-refractivity contribution in [2.75, 3.05) is 30.4 Å². The molecule has 1 aliphatic carbocycles. The van der Waals surface area contributed by atoms with Crippen molar-refractivity contribution < 1.29 is 19.1 Å². The molecule has 2 aromatic carbocycles. The Morgan fingerprint density at radius 3 is 2.64 bits per heavy atom. The van der Waals surface area contributed by atoms with E-state index in [2.05, 4.69) is 16.0 Å². The summed E-state index contributed by atoms with van der Waals surface area (Å²) < 4.78 is 11.5. The molecule has 1 heterocycles. The number of rotatable bonds is 9. The van der Waals surface area contributed by atoms with Crippen LogP contribution in [0, 0.1) is 0 Å². The Bertz CT molecular complexity index is 937. The molecule has 1 saturated heterocycles. The minimum Gasteiger partial charge on any atom is -0.489 e. The van der Waals surface area contributed by atoms with Crippen molar-refractivity contribution in [3.8, 4) is 5.75 Å². The second-order valence-electron chi connectivity index (χ2n) is 8.73. The number of carbonyl (C=O) groups is 2. The lowest BCUT2D eigenvalue weighted by atomic mass is 9.95. The summed E-state index contributed by atoms with van der Waals surface area (Å²) in [4.78, 5) is 25.1. The summed E-state index contributed by atoms with van der Waals surface area (Å²) in [5.74, 6) is 0.407. The van der Waals surface area contributed by atoms with E-state index in [1.807, 2.05) is 24.3 Å².